The minimum absolute atomic E-state index is 0.957. The van der Waals surface area contributed by atoms with Gasteiger partial charge in [0.2, 0.25) is 0 Å². The first kappa shape index (κ1) is 12.6. The maximum atomic E-state index is 2.37. The van der Waals surface area contributed by atoms with E-state index < -0.39 is 7.22 Å². The highest BCUT2D eigenvalue weighted by molar-refractivity contribution is 8.30. The molecule has 0 bridgehead atoms. The van der Waals surface area contributed by atoms with Crippen LogP contribution in [-0.4, -0.2) is 7.22 Å². The summed E-state index contributed by atoms with van der Waals surface area (Å²) >= 11 is 2.03. The van der Waals surface area contributed by atoms with Crippen molar-refractivity contribution in [2.24, 2.45) is 0 Å². The highest BCUT2D eigenvalue weighted by Crippen LogP contribution is 2.20. The molecule has 0 saturated heterocycles. The van der Waals surface area contributed by atoms with Gasteiger partial charge in [0.05, 0.1) is 0 Å². The van der Waals surface area contributed by atoms with Gasteiger partial charge in [-0.3, -0.25) is 0 Å². The smallest absolute Gasteiger partial charge is 0.113 e. The van der Waals surface area contributed by atoms with E-state index in [0.29, 0.717) is 0 Å². The summed E-state index contributed by atoms with van der Waals surface area (Å²) < 4.78 is 0. The van der Waals surface area contributed by atoms with E-state index in [1.54, 1.807) is 0 Å². The van der Waals surface area contributed by atoms with Gasteiger partial charge >= 0.3 is 0 Å². The third-order valence-electron chi connectivity index (χ3n) is 1.96. The molecule has 0 nitrogen and oxygen atoms in total. The van der Waals surface area contributed by atoms with Crippen molar-refractivity contribution in [3.05, 3.63) is 47.4 Å². The molecule has 1 rings (SSSR count). The van der Waals surface area contributed by atoms with Crippen LogP contribution in [0.1, 0.15) is 12.0 Å². The maximum Gasteiger partial charge on any atom is 0.113 e. The number of aryl methyl sites for hydroxylation is 1. The van der Waals surface area contributed by atoms with Crippen molar-refractivity contribution in [2.75, 3.05) is 0 Å². The number of benzene rings is 1. The van der Waals surface area contributed by atoms with E-state index in [1.807, 2.05) is 11.2 Å². The molecule has 15 heavy (non-hydrogen) atoms. The summed E-state index contributed by atoms with van der Waals surface area (Å²) in [4.78, 5) is 0. The first-order valence-corrected chi connectivity index (χ1v) is 10.6. The Bertz CT molecular complexity index is 298. The van der Waals surface area contributed by atoms with Crippen LogP contribution >= 0.6 is 11.2 Å². The third-order valence-corrected chi connectivity index (χ3v) is 5.53. The minimum Gasteiger partial charge on any atom is -0.160 e. The van der Waals surface area contributed by atoms with E-state index in [4.69, 9.17) is 0 Å². The topological polar surface area (TPSA) is 0 Å². The van der Waals surface area contributed by atoms with Gasteiger partial charge in [-0.25, -0.2) is 0 Å². The van der Waals surface area contributed by atoms with E-state index in [1.165, 1.54) is 5.56 Å². The monoisotopic (exact) mass is 236 g/mol. The molecule has 0 saturated carbocycles. The highest BCUT2D eigenvalue weighted by Gasteiger charge is 2.10. The van der Waals surface area contributed by atoms with Crippen molar-refractivity contribution in [1.29, 1.82) is 0 Å². The van der Waals surface area contributed by atoms with E-state index in [9.17, 15) is 0 Å². The molecule has 0 aliphatic rings. The fourth-order valence-corrected chi connectivity index (χ4v) is 3.37. The van der Waals surface area contributed by atoms with Crippen LogP contribution in [-0.2, 0) is 6.42 Å². The van der Waals surface area contributed by atoms with Crippen molar-refractivity contribution >= 4 is 18.4 Å². The summed E-state index contributed by atoms with van der Waals surface area (Å²) in [7, 11) is -0.957. The second-order valence-corrected chi connectivity index (χ2v) is 13.7. The van der Waals surface area contributed by atoms with Crippen LogP contribution < -0.4 is 0 Å². The van der Waals surface area contributed by atoms with Crippen LogP contribution in [0.3, 0.4) is 0 Å². The number of hydrogen-bond donors (Lipinski definition) is 0. The van der Waals surface area contributed by atoms with Gasteiger partial charge in [-0.15, -0.1) is 0 Å². The Kier molecular flexibility index (Phi) is 5.19. The number of hydrogen-bond acceptors (Lipinski definition) is 1. The van der Waals surface area contributed by atoms with Crippen molar-refractivity contribution in [2.45, 2.75) is 32.5 Å². The molecule has 0 unspecified atom stereocenters. The van der Waals surface area contributed by atoms with Gasteiger partial charge in [-0.05, 0) is 23.8 Å². The second-order valence-electron chi connectivity index (χ2n) is 4.63. The molecule has 0 N–H and O–H groups in total. The molecular weight excluding hydrogens is 216 g/mol. The lowest BCUT2D eigenvalue weighted by atomic mass is 10.1. The summed E-state index contributed by atoms with van der Waals surface area (Å²) in [5.41, 5.74) is 1.43. The lowest BCUT2D eigenvalue weighted by Gasteiger charge is -2.10. The highest BCUT2D eigenvalue weighted by atomic mass is 32.4. The predicted octanol–water partition coefficient (Wildman–Crippen LogP) is 4.70. The standard InChI is InChI=1S/C13H20SSi/c1-15(2,3)14-12-8-7-11-13-9-5-4-6-10-13/h4-6,8-10,12H,7,11H2,1-3H3/b12-8+. The molecule has 2 heteroatoms. The molecule has 0 aliphatic carbocycles. The van der Waals surface area contributed by atoms with E-state index >= 15 is 0 Å². The van der Waals surface area contributed by atoms with Gasteiger partial charge in [0, 0.05) is 0 Å². The molecule has 0 atom stereocenters. The average molecular weight is 236 g/mol. The van der Waals surface area contributed by atoms with Crippen molar-refractivity contribution in [3.8, 4) is 0 Å². The van der Waals surface area contributed by atoms with Crippen molar-refractivity contribution < 1.29 is 0 Å². The van der Waals surface area contributed by atoms with Crippen LogP contribution in [0.2, 0.25) is 19.6 Å². The lowest BCUT2D eigenvalue weighted by molar-refractivity contribution is 1.00. The zero-order chi connectivity index (χ0) is 11.1. The summed E-state index contributed by atoms with van der Waals surface area (Å²) in [5, 5.41) is 2.29. The van der Waals surface area contributed by atoms with Gasteiger partial charge in [0.15, 0.2) is 0 Å². The number of rotatable bonds is 5. The van der Waals surface area contributed by atoms with Crippen molar-refractivity contribution in [3.63, 3.8) is 0 Å². The Labute approximate surface area is 98.4 Å². The van der Waals surface area contributed by atoms with Gasteiger partial charge < -0.3 is 0 Å². The van der Waals surface area contributed by atoms with Crippen LogP contribution in [0.4, 0.5) is 0 Å². The fraction of sp³-hybridized carbons (Fsp3) is 0.385. The Morgan fingerprint density at radius 1 is 1.13 bits per heavy atom. The van der Waals surface area contributed by atoms with Gasteiger partial charge in [-0.2, -0.15) is 11.2 Å². The molecule has 82 valence electrons. The Hall–Kier alpha value is -0.473. The molecule has 0 fully saturated rings. The number of allylic oxidation sites excluding steroid dienone is 1. The van der Waals surface area contributed by atoms with Crippen LogP contribution in [0.15, 0.2) is 41.8 Å². The fourth-order valence-electron chi connectivity index (χ4n) is 1.21. The Balaban J connectivity index is 2.22. The molecular formula is C13H20SSi. The lowest BCUT2D eigenvalue weighted by Crippen LogP contribution is -2.11. The summed E-state index contributed by atoms with van der Waals surface area (Å²) in [6, 6.07) is 10.7. The zero-order valence-corrected chi connectivity index (χ0v) is 11.7. The van der Waals surface area contributed by atoms with Gasteiger partial charge in [-0.1, -0.05) is 56.0 Å². The quantitative estimate of drug-likeness (QED) is 0.668. The molecule has 0 spiro atoms. The first-order valence-electron chi connectivity index (χ1n) is 5.45. The van der Waals surface area contributed by atoms with Crippen LogP contribution in [0, 0.1) is 0 Å². The average Bonchev–Trinajstić information content (AvgIpc) is 2.17. The largest absolute Gasteiger partial charge is 0.160 e. The molecule has 0 aromatic heterocycles. The molecule has 1 aromatic rings. The molecule has 1 aromatic carbocycles. The first-order chi connectivity index (χ1) is 7.08. The van der Waals surface area contributed by atoms with Gasteiger partial charge in [0.25, 0.3) is 0 Å². The van der Waals surface area contributed by atoms with E-state index in [2.05, 4.69) is 61.5 Å². The maximum absolute atomic E-state index is 2.37. The Morgan fingerprint density at radius 2 is 1.80 bits per heavy atom. The summed E-state index contributed by atoms with van der Waals surface area (Å²) in [6.07, 6.45) is 4.61. The molecule has 0 aliphatic heterocycles. The zero-order valence-electron chi connectivity index (χ0n) is 9.86. The second kappa shape index (κ2) is 6.18. The van der Waals surface area contributed by atoms with Crippen LogP contribution in [0.5, 0.6) is 0 Å². The molecule has 0 heterocycles. The minimum atomic E-state index is -0.957. The molecule has 0 radical (unpaired) electrons. The molecule has 0 amide bonds. The SMILES string of the molecule is C[Si](C)(C)S/C=C/CCc1ccccc1. The third kappa shape index (κ3) is 6.58. The van der Waals surface area contributed by atoms with Gasteiger partial charge in [0.1, 0.15) is 7.22 Å². The summed E-state index contributed by atoms with van der Waals surface area (Å²) in [5.74, 6) is 0. The summed E-state index contributed by atoms with van der Waals surface area (Å²) in [6.45, 7) is 7.12. The van der Waals surface area contributed by atoms with Crippen molar-refractivity contribution in [1.82, 2.24) is 0 Å². The van der Waals surface area contributed by atoms with E-state index in [-0.39, 0.29) is 0 Å². The van der Waals surface area contributed by atoms with Crippen LogP contribution in [0.25, 0.3) is 0 Å². The van der Waals surface area contributed by atoms with E-state index in [0.717, 1.165) is 12.8 Å². The normalized spacial score (nSPS) is 12.2. The predicted molar refractivity (Wildman–Crippen MR) is 74.8 cm³/mol. The Morgan fingerprint density at radius 3 is 2.40 bits per heavy atom.